The lowest BCUT2D eigenvalue weighted by Gasteiger charge is -2.10. The molecule has 0 saturated heterocycles. The molecule has 0 fully saturated rings. The third kappa shape index (κ3) is 5.27. The minimum atomic E-state index is -0.190. The number of hydrogen-bond acceptors (Lipinski definition) is 6. The molecule has 0 bridgehead atoms. The van der Waals surface area contributed by atoms with Crippen molar-refractivity contribution in [3.8, 4) is 11.5 Å². The van der Waals surface area contributed by atoms with E-state index in [0.29, 0.717) is 11.5 Å². The molecule has 0 unspecified atom stereocenters. The molecule has 3 rings (SSSR count). The Labute approximate surface area is 181 Å². The smallest absolute Gasteiger partial charge is 0.250 e. The first-order chi connectivity index (χ1) is 14.0. The van der Waals surface area contributed by atoms with Crippen molar-refractivity contribution in [2.24, 2.45) is 5.10 Å². The van der Waals surface area contributed by atoms with E-state index in [1.807, 2.05) is 43.3 Å². The lowest BCUT2D eigenvalue weighted by molar-refractivity contribution is -0.118. The summed E-state index contributed by atoms with van der Waals surface area (Å²) in [7, 11) is 3.14. The minimum absolute atomic E-state index is 0.190. The first-order valence-corrected chi connectivity index (χ1v) is 10.5. The van der Waals surface area contributed by atoms with Gasteiger partial charge in [-0.3, -0.25) is 9.78 Å². The van der Waals surface area contributed by atoms with Gasteiger partial charge in [0.15, 0.2) is 11.5 Å². The van der Waals surface area contributed by atoms with Crippen LogP contribution in [0.4, 0.5) is 0 Å². The summed E-state index contributed by atoms with van der Waals surface area (Å²) in [5.74, 6) is 1.24. The van der Waals surface area contributed by atoms with Crippen molar-refractivity contribution in [1.29, 1.82) is 0 Å². The van der Waals surface area contributed by atoms with Gasteiger partial charge in [-0.25, -0.2) is 5.43 Å². The molecule has 29 heavy (non-hydrogen) atoms. The number of aromatic nitrogens is 1. The van der Waals surface area contributed by atoms with Crippen LogP contribution >= 0.6 is 27.7 Å². The molecule has 0 aliphatic heterocycles. The van der Waals surface area contributed by atoms with Crippen molar-refractivity contribution < 1.29 is 14.3 Å². The number of thioether (sulfide) groups is 1. The van der Waals surface area contributed by atoms with E-state index in [0.717, 1.165) is 31.5 Å². The van der Waals surface area contributed by atoms with Crippen LogP contribution in [0.15, 0.2) is 56.9 Å². The Balaban J connectivity index is 1.63. The molecule has 8 heteroatoms. The van der Waals surface area contributed by atoms with Gasteiger partial charge in [-0.05, 0) is 52.7 Å². The molecular weight excluding hydrogens is 454 g/mol. The average Bonchev–Trinajstić information content (AvgIpc) is 2.71. The first-order valence-electron chi connectivity index (χ1n) is 8.74. The molecular formula is C21H20BrN3O3S. The zero-order valence-electron chi connectivity index (χ0n) is 16.2. The highest BCUT2D eigenvalue weighted by Gasteiger charge is 2.10. The SMILES string of the molecule is COc1cc(/C=N/NC(=O)CSc2cc(C)nc3ccccc23)cc(Br)c1OC. The summed E-state index contributed by atoms with van der Waals surface area (Å²) in [6, 6.07) is 13.5. The maximum absolute atomic E-state index is 12.2. The van der Waals surface area contributed by atoms with Crippen LogP contribution in [0.1, 0.15) is 11.3 Å². The Morgan fingerprint density at radius 1 is 1.24 bits per heavy atom. The number of para-hydroxylation sites is 1. The fourth-order valence-electron chi connectivity index (χ4n) is 2.76. The highest BCUT2D eigenvalue weighted by Crippen LogP contribution is 2.35. The van der Waals surface area contributed by atoms with Gasteiger partial charge < -0.3 is 9.47 Å². The lowest BCUT2D eigenvalue weighted by Crippen LogP contribution is -2.19. The summed E-state index contributed by atoms with van der Waals surface area (Å²) in [5.41, 5.74) is 5.16. The number of halogens is 1. The van der Waals surface area contributed by atoms with Gasteiger partial charge in [-0.1, -0.05) is 18.2 Å². The lowest BCUT2D eigenvalue weighted by atomic mass is 10.2. The predicted molar refractivity (Wildman–Crippen MR) is 120 cm³/mol. The highest BCUT2D eigenvalue weighted by molar-refractivity contribution is 9.10. The van der Waals surface area contributed by atoms with E-state index in [2.05, 4.69) is 31.4 Å². The number of ether oxygens (including phenoxy) is 2. The molecule has 0 aliphatic carbocycles. The van der Waals surface area contributed by atoms with Crippen LogP contribution in [0, 0.1) is 6.92 Å². The van der Waals surface area contributed by atoms with Gasteiger partial charge in [0.2, 0.25) is 5.91 Å². The minimum Gasteiger partial charge on any atom is -0.493 e. The summed E-state index contributed by atoms with van der Waals surface area (Å²) >= 11 is 4.90. The van der Waals surface area contributed by atoms with E-state index in [4.69, 9.17) is 9.47 Å². The molecule has 0 saturated carbocycles. The third-order valence-electron chi connectivity index (χ3n) is 4.02. The van der Waals surface area contributed by atoms with E-state index in [1.54, 1.807) is 26.5 Å². The molecule has 0 aliphatic rings. The fraction of sp³-hybridized carbons (Fsp3) is 0.190. The number of fused-ring (bicyclic) bond motifs is 1. The predicted octanol–water partition coefficient (Wildman–Crippen LogP) is 4.57. The summed E-state index contributed by atoms with van der Waals surface area (Å²) in [5, 5.41) is 5.07. The molecule has 1 aromatic heterocycles. The van der Waals surface area contributed by atoms with Crippen LogP contribution in [-0.2, 0) is 4.79 Å². The second-order valence-corrected chi connectivity index (χ2v) is 7.97. The summed E-state index contributed by atoms with van der Waals surface area (Å²) < 4.78 is 11.3. The van der Waals surface area contributed by atoms with Crippen LogP contribution in [0.2, 0.25) is 0 Å². The van der Waals surface area contributed by atoms with E-state index < -0.39 is 0 Å². The Hall–Kier alpha value is -2.58. The zero-order valence-corrected chi connectivity index (χ0v) is 18.6. The molecule has 0 radical (unpaired) electrons. The van der Waals surface area contributed by atoms with E-state index >= 15 is 0 Å². The Morgan fingerprint density at radius 2 is 2.03 bits per heavy atom. The maximum atomic E-state index is 12.2. The van der Waals surface area contributed by atoms with Gasteiger partial charge in [-0.15, -0.1) is 11.8 Å². The van der Waals surface area contributed by atoms with Gasteiger partial charge >= 0.3 is 0 Å². The molecule has 150 valence electrons. The third-order valence-corrected chi connectivity index (χ3v) is 5.67. The second-order valence-electron chi connectivity index (χ2n) is 6.10. The number of hydrogen-bond donors (Lipinski definition) is 1. The fourth-order valence-corrected chi connectivity index (χ4v) is 4.31. The van der Waals surface area contributed by atoms with Gasteiger partial charge in [0.05, 0.1) is 36.2 Å². The van der Waals surface area contributed by atoms with E-state index in [9.17, 15) is 4.79 Å². The molecule has 1 amide bonds. The van der Waals surface area contributed by atoms with Crippen molar-refractivity contribution in [3.05, 3.63) is 58.2 Å². The Morgan fingerprint density at radius 3 is 2.79 bits per heavy atom. The van der Waals surface area contributed by atoms with Crippen molar-refractivity contribution in [1.82, 2.24) is 10.4 Å². The topological polar surface area (TPSA) is 72.8 Å². The number of carbonyl (C=O) groups is 1. The standard InChI is InChI=1S/C21H20BrN3O3S/c1-13-8-19(15-6-4-5-7-17(15)24-13)29-12-20(26)25-23-11-14-9-16(22)21(28-3)18(10-14)27-2/h4-11H,12H2,1-3H3,(H,25,26)/b23-11+. The van der Waals surface area contributed by atoms with Crippen LogP contribution < -0.4 is 14.9 Å². The van der Waals surface area contributed by atoms with Gasteiger partial charge in [-0.2, -0.15) is 5.10 Å². The quantitative estimate of drug-likeness (QED) is 0.309. The number of methoxy groups -OCH3 is 2. The van der Waals surface area contributed by atoms with Crippen LogP contribution in [-0.4, -0.2) is 37.1 Å². The van der Waals surface area contributed by atoms with Crippen molar-refractivity contribution >= 4 is 50.7 Å². The van der Waals surface area contributed by atoms with Crippen molar-refractivity contribution in [2.45, 2.75) is 11.8 Å². The monoisotopic (exact) mass is 473 g/mol. The molecule has 0 spiro atoms. The molecule has 3 aromatic rings. The second kappa shape index (κ2) is 9.76. The zero-order chi connectivity index (χ0) is 20.8. The number of pyridine rings is 1. The average molecular weight is 474 g/mol. The molecule has 1 heterocycles. The summed E-state index contributed by atoms with van der Waals surface area (Å²) in [4.78, 5) is 17.7. The number of nitrogens with one attached hydrogen (secondary N) is 1. The van der Waals surface area contributed by atoms with Crippen molar-refractivity contribution in [2.75, 3.05) is 20.0 Å². The Bertz CT molecular complexity index is 1070. The normalized spacial score (nSPS) is 11.0. The number of nitrogens with zero attached hydrogens (tertiary/aromatic N) is 2. The largest absolute Gasteiger partial charge is 0.493 e. The van der Waals surface area contributed by atoms with Gasteiger partial charge in [0.25, 0.3) is 0 Å². The number of carbonyl (C=O) groups excluding carboxylic acids is 1. The maximum Gasteiger partial charge on any atom is 0.250 e. The highest BCUT2D eigenvalue weighted by atomic mass is 79.9. The van der Waals surface area contributed by atoms with Crippen LogP contribution in [0.3, 0.4) is 0 Å². The van der Waals surface area contributed by atoms with Gasteiger partial charge in [0.1, 0.15) is 0 Å². The molecule has 6 nitrogen and oxygen atoms in total. The summed E-state index contributed by atoms with van der Waals surface area (Å²) in [6.07, 6.45) is 1.56. The van der Waals surface area contributed by atoms with Crippen LogP contribution in [0.25, 0.3) is 10.9 Å². The van der Waals surface area contributed by atoms with E-state index in [1.165, 1.54) is 11.8 Å². The summed E-state index contributed by atoms with van der Waals surface area (Å²) in [6.45, 7) is 1.95. The molecule has 0 atom stereocenters. The number of rotatable bonds is 7. The van der Waals surface area contributed by atoms with E-state index in [-0.39, 0.29) is 11.7 Å². The Kier molecular flexibility index (Phi) is 7.11. The van der Waals surface area contributed by atoms with Crippen molar-refractivity contribution in [3.63, 3.8) is 0 Å². The first kappa shape index (κ1) is 21.1. The van der Waals surface area contributed by atoms with Gasteiger partial charge in [0, 0.05) is 16.0 Å². The molecule has 2 aromatic carbocycles. The number of aryl methyl sites for hydroxylation is 1. The number of hydrazone groups is 1. The van der Waals surface area contributed by atoms with Crippen LogP contribution in [0.5, 0.6) is 11.5 Å². The number of benzene rings is 2. The number of amides is 1. The molecule has 1 N–H and O–H groups in total.